The van der Waals surface area contributed by atoms with Crippen molar-refractivity contribution in [2.75, 3.05) is 23.4 Å². The first-order valence-corrected chi connectivity index (χ1v) is 9.34. The van der Waals surface area contributed by atoms with Crippen LogP contribution in [0, 0.1) is 0 Å². The Morgan fingerprint density at radius 3 is 2.66 bits per heavy atom. The lowest BCUT2D eigenvalue weighted by atomic mass is 10.1. The molecule has 0 saturated heterocycles. The van der Waals surface area contributed by atoms with E-state index in [9.17, 15) is 14.4 Å². The van der Waals surface area contributed by atoms with Gasteiger partial charge in [-0.3, -0.25) is 9.59 Å². The predicted octanol–water partition coefficient (Wildman–Crippen LogP) is 2.43. The smallest absolute Gasteiger partial charge is 0.347 e. The molecule has 1 N–H and O–H groups in total. The van der Waals surface area contributed by atoms with E-state index in [4.69, 9.17) is 9.47 Å². The van der Waals surface area contributed by atoms with Gasteiger partial charge in [0, 0.05) is 17.4 Å². The summed E-state index contributed by atoms with van der Waals surface area (Å²) in [5.74, 6) is -1.65. The number of anilines is 2. The number of para-hydroxylation sites is 2. The van der Waals surface area contributed by atoms with E-state index in [-0.39, 0.29) is 30.0 Å². The number of hydrogen-bond donors (Lipinski definition) is 1. The first kappa shape index (κ1) is 18.7. The lowest BCUT2D eigenvalue weighted by Gasteiger charge is -2.22. The maximum absolute atomic E-state index is 12.7. The minimum Gasteiger partial charge on any atom is -0.470 e. The number of ether oxygens (including phenoxy) is 2. The van der Waals surface area contributed by atoms with Crippen LogP contribution in [0.1, 0.15) is 12.5 Å². The highest BCUT2D eigenvalue weighted by Gasteiger charge is 2.35. The minimum absolute atomic E-state index is 0.0235. The average Bonchev–Trinajstić information content (AvgIpc) is 3.25. The zero-order valence-corrected chi connectivity index (χ0v) is 15.9. The first-order chi connectivity index (χ1) is 14.0. The molecule has 7 heteroatoms. The Morgan fingerprint density at radius 2 is 1.86 bits per heavy atom. The molecule has 2 aromatic rings. The zero-order valence-electron chi connectivity index (χ0n) is 15.9. The molecule has 0 saturated carbocycles. The lowest BCUT2D eigenvalue weighted by molar-refractivity contribution is -0.145. The van der Waals surface area contributed by atoms with E-state index in [1.807, 2.05) is 49.4 Å². The Bertz CT molecular complexity index is 999. The molecule has 1 amide bonds. The molecule has 2 aromatic carbocycles. The fourth-order valence-electron chi connectivity index (χ4n) is 3.58. The number of nitrogens with one attached hydrogen (secondary N) is 1. The molecule has 0 bridgehead atoms. The monoisotopic (exact) mass is 392 g/mol. The van der Waals surface area contributed by atoms with Crippen LogP contribution in [-0.2, 0) is 30.3 Å². The average molecular weight is 392 g/mol. The standard InChI is InChI=1S/C22H20N2O5/c1-14-11-15-7-5-6-10-17(15)24(14)19(26)13-29-22(27)20-18(25)12-28-21(20)23-16-8-3-2-4-9-16/h2-10,14,23H,11-13H2,1H3/t14-/m0/s1. The number of amides is 1. The van der Waals surface area contributed by atoms with Gasteiger partial charge < -0.3 is 19.7 Å². The van der Waals surface area contributed by atoms with E-state index in [0.29, 0.717) is 5.69 Å². The van der Waals surface area contributed by atoms with Crippen LogP contribution in [0.2, 0.25) is 0 Å². The minimum atomic E-state index is -0.876. The fraction of sp³-hybridized carbons (Fsp3) is 0.227. The van der Waals surface area contributed by atoms with Crippen molar-refractivity contribution >= 4 is 29.0 Å². The van der Waals surface area contributed by atoms with Crippen LogP contribution >= 0.6 is 0 Å². The summed E-state index contributed by atoms with van der Waals surface area (Å²) in [6.07, 6.45) is 0.748. The molecule has 7 nitrogen and oxygen atoms in total. The number of fused-ring (bicyclic) bond motifs is 1. The molecular formula is C22H20N2O5. The SMILES string of the molecule is C[C@H]1Cc2ccccc2N1C(=O)COC(=O)C1=C(Nc2ccccc2)OCC1=O. The highest BCUT2D eigenvalue weighted by molar-refractivity contribution is 6.20. The Morgan fingerprint density at radius 1 is 1.14 bits per heavy atom. The van der Waals surface area contributed by atoms with Gasteiger partial charge >= 0.3 is 5.97 Å². The Kier molecular flexibility index (Phi) is 5.03. The molecule has 0 aromatic heterocycles. The van der Waals surface area contributed by atoms with Gasteiger partial charge in [-0.05, 0) is 37.1 Å². The molecule has 2 aliphatic rings. The Balaban J connectivity index is 1.45. The van der Waals surface area contributed by atoms with Crippen LogP contribution in [0.5, 0.6) is 0 Å². The van der Waals surface area contributed by atoms with Crippen LogP contribution < -0.4 is 10.2 Å². The van der Waals surface area contributed by atoms with Gasteiger partial charge in [0.15, 0.2) is 18.8 Å². The number of hydrogen-bond acceptors (Lipinski definition) is 6. The number of rotatable bonds is 5. The molecule has 2 heterocycles. The summed E-state index contributed by atoms with van der Waals surface area (Å²) in [5, 5.41) is 2.91. The van der Waals surface area contributed by atoms with Gasteiger partial charge in [-0.15, -0.1) is 0 Å². The van der Waals surface area contributed by atoms with E-state index in [2.05, 4.69) is 5.32 Å². The van der Waals surface area contributed by atoms with Gasteiger partial charge in [0.1, 0.15) is 0 Å². The third-order valence-electron chi connectivity index (χ3n) is 4.89. The van der Waals surface area contributed by atoms with Crippen molar-refractivity contribution in [2.24, 2.45) is 0 Å². The molecule has 0 fully saturated rings. The molecule has 29 heavy (non-hydrogen) atoms. The van der Waals surface area contributed by atoms with E-state index < -0.39 is 18.4 Å². The molecule has 4 rings (SSSR count). The maximum atomic E-state index is 12.7. The van der Waals surface area contributed by atoms with Gasteiger partial charge in [0.2, 0.25) is 11.7 Å². The topological polar surface area (TPSA) is 84.9 Å². The van der Waals surface area contributed by atoms with Crippen LogP contribution in [-0.4, -0.2) is 36.9 Å². The third kappa shape index (κ3) is 3.71. The summed E-state index contributed by atoms with van der Waals surface area (Å²) >= 11 is 0. The molecule has 1 atom stereocenters. The summed E-state index contributed by atoms with van der Waals surface area (Å²) < 4.78 is 10.5. The molecule has 0 unspecified atom stereocenters. The summed E-state index contributed by atoms with van der Waals surface area (Å²) in [6, 6.07) is 16.6. The molecule has 0 radical (unpaired) electrons. The molecule has 2 aliphatic heterocycles. The van der Waals surface area contributed by atoms with E-state index in [1.165, 1.54) is 0 Å². The predicted molar refractivity (Wildman–Crippen MR) is 106 cm³/mol. The summed E-state index contributed by atoms with van der Waals surface area (Å²) in [4.78, 5) is 38.9. The van der Waals surface area contributed by atoms with Gasteiger partial charge in [-0.1, -0.05) is 36.4 Å². The molecule has 148 valence electrons. The maximum Gasteiger partial charge on any atom is 0.347 e. The number of benzene rings is 2. The van der Waals surface area contributed by atoms with Gasteiger partial charge in [0.05, 0.1) is 0 Å². The third-order valence-corrected chi connectivity index (χ3v) is 4.89. The van der Waals surface area contributed by atoms with Crippen molar-refractivity contribution in [3.63, 3.8) is 0 Å². The number of carbonyl (C=O) groups excluding carboxylic acids is 3. The van der Waals surface area contributed by atoms with Crippen molar-refractivity contribution in [3.05, 3.63) is 71.6 Å². The Hall–Kier alpha value is -3.61. The van der Waals surface area contributed by atoms with Gasteiger partial charge in [-0.2, -0.15) is 0 Å². The second-order valence-corrected chi connectivity index (χ2v) is 6.93. The van der Waals surface area contributed by atoms with E-state index >= 15 is 0 Å². The second kappa shape index (κ2) is 7.79. The van der Waals surface area contributed by atoms with Crippen molar-refractivity contribution in [2.45, 2.75) is 19.4 Å². The number of nitrogens with zero attached hydrogens (tertiary/aromatic N) is 1. The Labute approximate surface area is 167 Å². The van der Waals surface area contributed by atoms with Crippen molar-refractivity contribution in [1.82, 2.24) is 0 Å². The number of carbonyl (C=O) groups is 3. The number of ketones is 1. The van der Waals surface area contributed by atoms with Crippen molar-refractivity contribution < 1.29 is 23.9 Å². The largest absolute Gasteiger partial charge is 0.470 e. The quantitative estimate of drug-likeness (QED) is 0.621. The summed E-state index contributed by atoms with van der Waals surface area (Å²) in [7, 11) is 0. The molecule has 0 spiro atoms. The van der Waals surface area contributed by atoms with Crippen LogP contribution in [0.4, 0.5) is 11.4 Å². The second-order valence-electron chi connectivity index (χ2n) is 6.93. The highest BCUT2D eigenvalue weighted by atomic mass is 16.5. The number of esters is 1. The zero-order chi connectivity index (χ0) is 20.4. The van der Waals surface area contributed by atoms with Crippen molar-refractivity contribution in [1.29, 1.82) is 0 Å². The normalized spacial score (nSPS) is 17.8. The summed E-state index contributed by atoms with van der Waals surface area (Å²) in [6.45, 7) is 1.25. The van der Waals surface area contributed by atoms with Gasteiger partial charge in [0.25, 0.3) is 5.91 Å². The molecule has 0 aliphatic carbocycles. The van der Waals surface area contributed by atoms with E-state index in [1.54, 1.807) is 17.0 Å². The van der Waals surface area contributed by atoms with Gasteiger partial charge in [-0.25, -0.2) is 4.79 Å². The summed E-state index contributed by atoms with van der Waals surface area (Å²) in [5.41, 5.74) is 2.36. The van der Waals surface area contributed by atoms with E-state index in [0.717, 1.165) is 17.7 Å². The van der Waals surface area contributed by atoms with Crippen LogP contribution in [0.25, 0.3) is 0 Å². The molecular weight excluding hydrogens is 372 g/mol. The number of Topliss-reactive ketones (excluding diaryl/α,β-unsaturated/α-hetero) is 1. The fourth-order valence-corrected chi connectivity index (χ4v) is 3.58. The van der Waals surface area contributed by atoms with Crippen LogP contribution in [0.15, 0.2) is 66.1 Å². The van der Waals surface area contributed by atoms with Crippen molar-refractivity contribution in [3.8, 4) is 0 Å². The first-order valence-electron chi connectivity index (χ1n) is 9.34. The van der Waals surface area contributed by atoms with Crippen LogP contribution in [0.3, 0.4) is 0 Å². The highest BCUT2D eigenvalue weighted by Crippen LogP contribution is 2.31. The lowest BCUT2D eigenvalue weighted by Crippen LogP contribution is -2.39.